The molecule has 3 N–H and O–H groups in total. The maximum Gasteiger partial charge on any atom is 0.416 e. The molecule has 3 aliphatic rings. The number of hydrogen-bond acceptors (Lipinski definition) is 12. The molecule has 1 aromatic carbocycles. The Morgan fingerprint density at radius 3 is 2.53 bits per heavy atom. The average Bonchev–Trinajstić information content (AvgIpc) is 3.77. The number of hydrogen-bond donors (Lipinski definition) is 3. The highest BCUT2D eigenvalue weighted by Crippen LogP contribution is 2.50. The Morgan fingerprint density at radius 2 is 1.83 bits per heavy atom. The number of aromatic nitrogens is 7. The zero-order chi connectivity index (χ0) is 42.0. The van der Waals surface area contributed by atoms with Crippen molar-refractivity contribution >= 4 is 40.7 Å². The second-order valence-corrected chi connectivity index (χ2v) is 15.7. The maximum absolute atomic E-state index is 14.7. The molecule has 4 aromatic heterocycles. The van der Waals surface area contributed by atoms with Gasteiger partial charge in [-0.25, -0.2) is 15.0 Å². The molecular formula is C39H40ClF3N10O6. The summed E-state index contributed by atoms with van der Waals surface area (Å²) in [6.07, 6.45) is -2.47. The van der Waals surface area contributed by atoms with Gasteiger partial charge in [0.2, 0.25) is 11.7 Å². The lowest BCUT2D eigenvalue weighted by Gasteiger charge is -2.39. The van der Waals surface area contributed by atoms with Gasteiger partial charge in [0, 0.05) is 48.4 Å². The number of nitrogens with zero attached hydrogens (tertiary/aromatic N) is 9. The van der Waals surface area contributed by atoms with Crippen molar-refractivity contribution in [3.05, 3.63) is 85.9 Å². The van der Waals surface area contributed by atoms with E-state index >= 15 is 0 Å². The van der Waals surface area contributed by atoms with Gasteiger partial charge < -0.3 is 34.6 Å². The van der Waals surface area contributed by atoms with Crippen molar-refractivity contribution in [3.63, 3.8) is 0 Å². The van der Waals surface area contributed by atoms with Crippen molar-refractivity contribution in [2.45, 2.75) is 70.2 Å². The SMILES string of the molecule is Cc1nc(N2CCOC(CO)C2)ccc1-c1nc2n(CC(=O)Nc3ccc(C(F)(F)F)cc3Cl)c3c(c(=O)n2n1)C1(CCN(C(=O)c2ncnc(C)c2O)CC1)CC3C. The van der Waals surface area contributed by atoms with Crippen LogP contribution in [-0.2, 0) is 27.7 Å². The zero-order valence-corrected chi connectivity index (χ0v) is 33.0. The highest BCUT2D eigenvalue weighted by atomic mass is 35.5. The molecule has 59 heavy (non-hydrogen) atoms. The van der Waals surface area contributed by atoms with Gasteiger partial charge in [0.1, 0.15) is 18.7 Å². The van der Waals surface area contributed by atoms with Crippen LogP contribution in [0.4, 0.5) is 24.7 Å². The number of aliphatic hydroxyl groups is 1. The minimum Gasteiger partial charge on any atom is -0.504 e. The van der Waals surface area contributed by atoms with Gasteiger partial charge in [-0.2, -0.15) is 22.7 Å². The summed E-state index contributed by atoms with van der Waals surface area (Å²) in [5, 5.41) is 27.2. The third-order valence-corrected chi connectivity index (χ3v) is 11.9. The van der Waals surface area contributed by atoms with Crippen molar-refractivity contribution < 1.29 is 37.7 Å². The van der Waals surface area contributed by atoms with Gasteiger partial charge in [0.15, 0.2) is 17.3 Å². The highest BCUT2D eigenvalue weighted by molar-refractivity contribution is 6.33. The number of morpholine rings is 1. The number of fused-ring (bicyclic) bond motifs is 3. The Bertz CT molecular complexity index is 2560. The number of carbonyl (C=O) groups excluding carboxylic acids is 2. The van der Waals surface area contributed by atoms with E-state index in [0.717, 1.165) is 18.2 Å². The number of aliphatic hydroxyl groups excluding tert-OH is 1. The number of aryl methyl sites for hydroxylation is 2. The fourth-order valence-corrected chi connectivity index (χ4v) is 8.86. The average molecular weight is 837 g/mol. The van der Waals surface area contributed by atoms with Crippen LogP contribution in [0.1, 0.15) is 70.8 Å². The Hall–Kier alpha value is -5.66. The molecule has 0 bridgehead atoms. The Labute approximate surface area is 339 Å². The molecule has 2 saturated heterocycles. The number of carbonyl (C=O) groups is 2. The van der Waals surface area contributed by atoms with Crippen LogP contribution in [0.3, 0.4) is 0 Å². The van der Waals surface area contributed by atoms with Crippen molar-refractivity contribution in [3.8, 4) is 17.1 Å². The van der Waals surface area contributed by atoms with Gasteiger partial charge in [-0.05, 0) is 69.4 Å². The molecule has 20 heteroatoms. The van der Waals surface area contributed by atoms with Crippen molar-refractivity contribution in [2.75, 3.05) is 49.6 Å². The minimum atomic E-state index is -4.63. The predicted molar refractivity (Wildman–Crippen MR) is 208 cm³/mol. The normalized spacial score (nSPS) is 19.1. The standard InChI is InChI=1S/C39H40ClF3N10O6/c1-20-15-38(8-10-50(11-9-38)36(58)31-33(56)22(3)44-19-45-31)30-32(20)52(17-29(55)47-27-6-4-23(14-26(27)40)39(41,42)43)37-48-34(49-53(37)35(30)57)25-5-7-28(46-21(25)2)51-12-13-59-24(16-51)18-54/h4-7,14,19-20,24,54,56H,8-13,15-18H2,1-3H3,(H,47,55). The number of pyridine rings is 1. The third kappa shape index (κ3) is 7.24. The number of benzene rings is 1. The number of likely N-dealkylation sites (tertiary alicyclic amines) is 1. The van der Waals surface area contributed by atoms with Gasteiger partial charge in [0.05, 0.1) is 47.0 Å². The molecule has 2 unspecified atom stereocenters. The van der Waals surface area contributed by atoms with Crippen LogP contribution in [0.15, 0.2) is 41.5 Å². The summed E-state index contributed by atoms with van der Waals surface area (Å²) in [6.45, 7) is 6.75. The monoisotopic (exact) mass is 836 g/mol. The summed E-state index contributed by atoms with van der Waals surface area (Å²) in [4.78, 5) is 63.2. The highest BCUT2D eigenvalue weighted by Gasteiger charge is 2.49. The molecule has 310 valence electrons. The molecule has 0 saturated carbocycles. The van der Waals surface area contributed by atoms with Gasteiger partial charge >= 0.3 is 6.18 Å². The van der Waals surface area contributed by atoms with Crippen LogP contribution >= 0.6 is 11.6 Å². The number of halogens is 4. The first-order chi connectivity index (χ1) is 28.1. The lowest BCUT2D eigenvalue weighted by atomic mass is 9.73. The number of anilines is 2. The molecular weight excluding hydrogens is 797 g/mol. The molecule has 1 spiro atoms. The molecule has 5 aromatic rings. The van der Waals surface area contributed by atoms with E-state index in [-0.39, 0.29) is 71.2 Å². The van der Waals surface area contributed by atoms with E-state index in [4.69, 9.17) is 31.4 Å². The summed E-state index contributed by atoms with van der Waals surface area (Å²) in [5.41, 5.74) is 0.140. The molecule has 2 aliphatic heterocycles. The Morgan fingerprint density at radius 1 is 1.07 bits per heavy atom. The summed E-state index contributed by atoms with van der Waals surface area (Å²) in [6, 6.07) is 6.24. The summed E-state index contributed by atoms with van der Waals surface area (Å²) in [7, 11) is 0. The topological polar surface area (TPSA) is 193 Å². The lowest BCUT2D eigenvalue weighted by Crippen LogP contribution is -2.46. The number of alkyl halides is 3. The van der Waals surface area contributed by atoms with Crippen molar-refractivity contribution in [1.82, 2.24) is 39.0 Å². The van der Waals surface area contributed by atoms with Crippen LogP contribution in [0, 0.1) is 13.8 Å². The van der Waals surface area contributed by atoms with E-state index in [0.29, 0.717) is 67.3 Å². The first-order valence-electron chi connectivity index (χ1n) is 19.0. The van der Waals surface area contributed by atoms with Crippen LogP contribution in [0.2, 0.25) is 5.02 Å². The maximum atomic E-state index is 14.7. The minimum absolute atomic E-state index is 0.0284. The zero-order valence-electron chi connectivity index (χ0n) is 32.3. The van der Waals surface area contributed by atoms with Crippen LogP contribution < -0.4 is 15.8 Å². The number of amides is 2. The Balaban J connectivity index is 1.18. The van der Waals surface area contributed by atoms with E-state index < -0.39 is 41.1 Å². The second kappa shape index (κ2) is 15.2. The molecule has 2 atom stereocenters. The summed E-state index contributed by atoms with van der Waals surface area (Å²) < 4.78 is 48.4. The molecule has 0 radical (unpaired) electrons. The molecule has 1 aliphatic carbocycles. The first kappa shape index (κ1) is 40.1. The second-order valence-electron chi connectivity index (χ2n) is 15.3. The van der Waals surface area contributed by atoms with E-state index in [1.807, 2.05) is 11.8 Å². The van der Waals surface area contributed by atoms with E-state index in [9.17, 15) is 37.8 Å². The van der Waals surface area contributed by atoms with Crippen LogP contribution in [0.5, 0.6) is 5.75 Å². The molecule has 6 heterocycles. The predicted octanol–water partition coefficient (Wildman–Crippen LogP) is 4.26. The van der Waals surface area contributed by atoms with Crippen molar-refractivity contribution in [2.24, 2.45) is 0 Å². The van der Waals surface area contributed by atoms with Crippen LogP contribution in [0.25, 0.3) is 17.2 Å². The number of rotatable bonds is 7. The third-order valence-electron chi connectivity index (χ3n) is 11.5. The van der Waals surface area contributed by atoms with Gasteiger partial charge in [0.25, 0.3) is 11.5 Å². The largest absolute Gasteiger partial charge is 0.504 e. The van der Waals surface area contributed by atoms with Gasteiger partial charge in [-0.15, -0.1) is 5.10 Å². The molecule has 8 rings (SSSR count). The molecule has 2 amide bonds. The Kier molecular flexibility index (Phi) is 10.3. The van der Waals surface area contributed by atoms with E-state index in [1.54, 1.807) is 35.4 Å². The van der Waals surface area contributed by atoms with E-state index in [2.05, 4.69) is 15.3 Å². The molecule has 2 fully saturated rings. The van der Waals surface area contributed by atoms with Crippen molar-refractivity contribution in [1.29, 1.82) is 0 Å². The summed E-state index contributed by atoms with van der Waals surface area (Å²) in [5.74, 6) is -0.730. The van der Waals surface area contributed by atoms with Crippen LogP contribution in [-0.4, -0.2) is 107 Å². The first-order valence-corrected chi connectivity index (χ1v) is 19.4. The number of piperidine rings is 1. The fraction of sp³-hybridized carbons (Fsp3) is 0.436. The lowest BCUT2D eigenvalue weighted by molar-refractivity contribution is -0.137. The van der Waals surface area contributed by atoms with Gasteiger partial charge in [-0.3, -0.25) is 14.4 Å². The number of ether oxygens (including phenoxy) is 1. The van der Waals surface area contributed by atoms with Gasteiger partial charge in [-0.1, -0.05) is 18.5 Å². The number of aromatic hydroxyl groups is 1. The number of nitrogens with one attached hydrogen (secondary N) is 1. The van der Waals surface area contributed by atoms with E-state index in [1.165, 1.54) is 10.8 Å². The fourth-order valence-electron chi connectivity index (χ4n) is 8.63. The quantitative estimate of drug-likeness (QED) is 0.211. The summed E-state index contributed by atoms with van der Waals surface area (Å²) >= 11 is 6.20. The molecule has 16 nitrogen and oxygen atoms in total. The smallest absolute Gasteiger partial charge is 0.416 e.